The molecule has 4 amide bonds. The summed E-state index contributed by atoms with van der Waals surface area (Å²) in [5.41, 5.74) is 6.29. The molecule has 0 bridgehead atoms. The summed E-state index contributed by atoms with van der Waals surface area (Å²) in [6.07, 6.45) is -0.0788. The average molecular weight is 378 g/mol. The fourth-order valence-electron chi connectivity index (χ4n) is 2.21. The molecule has 0 aliphatic carbocycles. The first-order valence-corrected chi connectivity index (χ1v) is 8.22. The normalized spacial score (nSPS) is 16.4. The molecule has 1 heterocycles. The molecule has 0 saturated carbocycles. The molecule has 1 aromatic rings. The van der Waals surface area contributed by atoms with Gasteiger partial charge < -0.3 is 20.9 Å². The SMILES string of the molecule is NC(=O)NCc1ccccc1CC(=O)NC1CN(S(=O)(=O)[O-])C1=O.[Na+]. The molecule has 0 aromatic heterocycles. The van der Waals surface area contributed by atoms with Crippen LogP contribution in [0.3, 0.4) is 0 Å². The second kappa shape index (κ2) is 8.63. The van der Waals surface area contributed by atoms with Crippen molar-refractivity contribution in [1.29, 1.82) is 0 Å². The maximum Gasteiger partial charge on any atom is 1.00 e. The van der Waals surface area contributed by atoms with Crippen LogP contribution in [0, 0.1) is 0 Å². The number of amides is 4. The van der Waals surface area contributed by atoms with Crippen LogP contribution in [0.25, 0.3) is 0 Å². The summed E-state index contributed by atoms with van der Waals surface area (Å²) in [7, 11) is -4.83. The number of nitrogens with one attached hydrogen (secondary N) is 2. The number of benzene rings is 1. The molecule has 1 fully saturated rings. The minimum absolute atomic E-state index is 0. The van der Waals surface area contributed by atoms with Crippen molar-refractivity contribution in [3.8, 4) is 0 Å². The van der Waals surface area contributed by atoms with Crippen LogP contribution >= 0.6 is 0 Å². The van der Waals surface area contributed by atoms with Crippen molar-refractivity contribution >= 4 is 28.1 Å². The summed E-state index contributed by atoms with van der Waals surface area (Å²) in [6.45, 7) is -0.232. The van der Waals surface area contributed by atoms with E-state index in [-0.39, 0.29) is 53.4 Å². The molecule has 1 saturated heterocycles. The molecule has 1 aliphatic heterocycles. The molecule has 1 atom stereocenters. The predicted molar refractivity (Wildman–Crippen MR) is 79.9 cm³/mol. The van der Waals surface area contributed by atoms with Gasteiger partial charge in [-0.15, -0.1) is 0 Å². The Kier molecular flexibility index (Phi) is 7.38. The van der Waals surface area contributed by atoms with Crippen molar-refractivity contribution in [1.82, 2.24) is 14.9 Å². The number of carbonyl (C=O) groups is 3. The van der Waals surface area contributed by atoms with Gasteiger partial charge in [0.15, 0.2) is 10.3 Å². The van der Waals surface area contributed by atoms with Gasteiger partial charge in [0, 0.05) is 6.54 Å². The van der Waals surface area contributed by atoms with E-state index in [4.69, 9.17) is 5.73 Å². The zero-order chi connectivity index (χ0) is 17.9. The van der Waals surface area contributed by atoms with E-state index in [0.29, 0.717) is 11.1 Å². The Hall–Kier alpha value is -1.66. The van der Waals surface area contributed by atoms with E-state index in [1.54, 1.807) is 24.3 Å². The number of hydrogen-bond acceptors (Lipinski definition) is 6. The van der Waals surface area contributed by atoms with E-state index in [1.165, 1.54) is 0 Å². The van der Waals surface area contributed by atoms with Gasteiger partial charge >= 0.3 is 35.6 Å². The van der Waals surface area contributed by atoms with Gasteiger partial charge in [0.05, 0.1) is 13.0 Å². The Labute approximate surface area is 166 Å². The van der Waals surface area contributed by atoms with Gasteiger partial charge in [0.25, 0.3) is 5.91 Å². The summed E-state index contributed by atoms with van der Waals surface area (Å²) in [6, 6.07) is 5.08. The van der Waals surface area contributed by atoms with Crippen LogP contribution in [0.1, 0.15) is 11.1 Å². The van der Waals surface area contributed by atoms with Crippen LogP contribution in [0.5, 0.6) is 0 Å². The zero-order valence-corrected chi connectivity index (χ0v) is 16.2. The molecule has 2 rings (SSSR count). The summed E-state index contributed by atoms with van der Waals surface area (Å²) in [5.74, 6) is -1.47. The standard InChI is InChI=1S/C13H16N4O6S.Na/c14-13(20)15-6-9-4-2-1-3-8(9)5-11(18)16-10-7-17(12(10)19)24(21,22)23;/h1-4,10H,5-7H2,(H,16,18)(H3,14,15,20)(H,21,22,23);/q;+1/p-1. The van der Waals surface area contributed by atoms with Gasteiger partial charge in [-0.05, 0) is 11.1 Å². The molecule has 1 aromatic carbocycles. The maximum atomic E-state index is 12.0. The van der Waals surface area contributed by atoms with Gasteiger partial charge in [-0.3, -0.25) is 9.59 Å². The molecule has 25 heavy (non-hydrogen) atoms. The Balaban J connectivity index is 0.00000312. The molecule has 1 aliphatic rings. The second-order valence-electron chi connectivity index (χ2n) is 5.11. The zero-order valence-electron chi connectivity index (χ0n) is 13.4. The van der Waals surface area contributed by atoms with Gasteiger partial charge in [-0.2, -0.15) is 0 Å². The predicted octanol–water partition coefficient (Wildman–Crippen LogP) is -4.81. The molecule has 12 heteroatoms. The molecule has 0 radical (unpaired) electrons. The molecule has 130 valence electrons. The van der Waals surface area contributed by atoms with E-state index in [9.17, 15) is 27.4 Å². The molecule has 0 spiro atoms. The van der Waals surface area contributed by atoms with E-state index in [0.717, 1.165) is 0 Å². The smallest absolute Gasteiger partial charge is 0.731 e. The molecule has 10 nitrogen and oxygen atoms in total. The molecular formula is C13H15N4NaO6S. The topological polar surface area (TPSA) is 162 Å². The van der Waals surface area contributed by atoms with Gasteiger partial charge in [0.1, 0.15) is 6.04 Å². The van der Waals surface area contributed by atoms with Gasteiger partial charge in [0.2, 0.25) is 5.91 Å². The number of rotatable bonds is 6. The van der Waals surface area contributed by atoms with E-state index in [1.807, 2.05) is 0 Å². The number of primary amides is 1. The van der Waals surface area contributed by atoms with Crippen molar-refractivity contribution in [3.63, 3.8) is 0 Å². The summed E-state index contributed by atoms with van der Waals surface area (Å²) in [4.78, 5) is 34.3. The Bertz CT molecular complexity index is 784. The third kappa shape index (κ3) is 5.68. The molecular weight excluding hydrogens is 363 g/mol. The fourth-order valence-corrected chi connectivity index (χ4v) is 2.89. The number of nitrogens with zero attached hydrogens (tertiary/aromatic N) is 1. The van der Waals surface area contributed by atoms with Crippen LogP contribution in [-0.2, 0) is 32.9 Å². The van der Waals surface area contributed by atoms with Crippen molar-refractivity contribution in [2.24, 2.45) is 5.73 Å². The third-order valence-electron chi connectivity index (χ3n) is 3.42. The summed E-state index contributed by atoms with van der Waals surface area (Å²) >= 11 is 0. The van der Waals surface area contributed by atoms with Gasteiger partial charge in [-0.25, -0.2) is 17.5 Å². The number of β-lactam (4-membered cyclic amide) rings is 1. The number of carbonyl (C=O) groups excluding carboxylic acids is 3. The first-order valence-electron chi connectivity index (χ1n) is 6.85. The van der Waals surface area contributed by atoms with Crippen LogP contribution in [-0.4, -0.2) is 47.7 Å². The van der Waals surface area contributed by atoms with Crippen molar-refractivity contribution < 1.29 is 56.9 Å². The van der Waals surface area contributed by atoms with Crippen LogP contribution in [0.2, 0.25) is 0 Å². The minimum Gasteiger partial charge on any atom is -0.731 e. The first kappa shape index (κ1) is 21.4. The summed E-state index contributed by atoms with van der Waals surface area (Å²) < 4.78 is 32.3. The van der Waals surface area contributed by atoms with Crippen molar-refractivity contribution in [2.75, 3.05) is 6.54 Å². The van der Waals surface area contributed by atoms with E-state index >= 15 is 0 Å². The molecule has 1 unspecified atom stereocenters. The van der Waals surface area contributed by atoms with Crippen LogP contribution in [0.4, 0.5) is 4.79 Å². The molecule has 4 N–H and O–H groups in total. The monoisotopic (exact) mass is 378 g/mol. The Morgan fingerprint density at radius 3 is 2.40 bits per heavy atom. The van der Waals surface area contributed by atoms with Gasteiger partial charge in [-0.1, -0.05) is 24.3 Å². The van der Waals surface area contributed by atoms with E-state index in [2.05, 4.69) is 10.6 Å². The average Bonchev–Trinajstić information content (AvgIpc) is 2.48. The minimum atomic E-state index is -4.83. The van der Waals surface area contributed by atoms with Crippen molar-refractivity contribution in [3.05, 3.63) is 35.4 Å². The van der Waals surface area contributed by atoms with Crippen molar-refractivity contribution in [2.45, 2.75) is 19.0 Å². The first-order chi connectivity index (χ1) is 11.2. The van der Waals surface area contributed by atoms with Crippen LogP contribution < -0.4 is 45.9 Å². The Morgan fingerprint density at radius 1 is 1.28 bits per heavy atom. The quantitative estimate of drug-likeness (QED) is 0.256. The summed E-state index contributed by atoms with van der Waals surface area (Å²) in [5, 5.41) is 4.78. The number of urea groups is 1. The fraction of sp³-hybridized carbons (Fsp3) is 0.308. The maximum absolute atomic E-state index is 12.0. The van der Waals surface area contributed by atoms with Crippen LogP contribution in [0.15, 0.2) is 24.3 Å². The second-order valence-corrected chi connectivity index (χ2v) is 6.41. The van der Waals surface area contributed by atoms with E-state index < -0.39 is 34.2 Å². The third-order valence-corrected chi connectivity index (χ3v) is 4.29. The largest absolute Gasteiger partial charge is 1.00 e. The Morgan fingerprint density at radius 2 is 1.88 bits per heavy atom. The number of nitrogens with two attached hydrogens (primary N) is 1. The number of hydrogen-bond donors (Lipinski definition) is 3.